The van der Waals surface area contributed by atoms with Gasteiger partial charge in [0.2, 0.25) is 0 Å². The SMILES string of the molecule is FC(F)(F)c1cccc(-c2cccc(-c3ccn[nH]3)c2)n1. The van der Waals surface area contributed by atoms with Crippen LogP contribution in [0, 0.1) is 0 Å². The summed E-state index contributed by atoms with van der Waals surface area (Å²) >= 11 is 0. The maximum Gasteiger partial charge on any atom is 0.433 e. The molecule has 0 spiro atoms. The molecule has 1 N–H and O–H groups in total. The van der Waals surface area contributed by atoms with Crippen LogP contribution >= 0.6 is 0 Å². The van der Waals surface area contributed by atoms with Gasteiger partial charge in [-0.15, -0.1) is 0 Å². The topological polar surface area (TPSA) is 41.6 Å². The highest BCUT2D eigenvalue weighted by Crippen LogP contribution is 2.30. The molecular weight excluding hydrogens is 279 g/mol. The molecule has 0 unspecified atom stereocenters. The van der Waals surface area contributed by atoms with E-state index in [-0.39, 0.29) is 5.69 Å². The van der Waals surface area contributed by atoms with Crippen LogP contribution in [0.15, 0.2) is 54.7 Å². The van der Waals surface area contributed by atoms with E-state index in [1.807, 2.05) is 6.07 Å². The Labute approximate surface area is 118 Å². The molecule has 3 rings (SSSR count). The number of nitrogens with zero attached hydrogens (tertiary/aromatic N) is 2. The van der Waals surface area contributed by atoms with Crippen LogP contribution in [0.5, 0.6) is 0 Å². The molecule has 2 heterocycles. The van der Waals surface area contributed by atoms with Gasteiger partial charge >= 0.3 is 6.18 Å². The quantitative estimate of drug-likeness (QED) is 0.769. The highest BCUT2D eigenvalue weighted by atomic mass is 19.4. The van der Waals surface area contributed by atoms with Gasteiger partial charge in [0.15, 0.2) is 0 Å². The minimum atomic E-state index is -4.45. The molecule has 21 heavy (non-hydrogen) atoms. The van der Waals surface area contributed by atoms with Gasteiger partial charge in [-0.25, -0.2) is 4.98 Å². The largest absolute Gasteiger partial charge is 0.433 e. The van der Waals surface area contributed by atoms with Crippen molar-refractivity contribution in [3.05, 3.63) is 60.4 Å². The van der Waals surface area contributed by atoms with E-state index in [1.165, 1.54) is 6.07 Å². The van der Waals surface area contributed by atoms with Crippen molar-refractivity contribution in [2.75, 3.05) is 0 Å². The normalized spacial score (nSPS) is 11.6. The second kappa shape index (κ2) is 5.05. The third-order valence-electron chi connectivity index (χ3n) is 3.01. The van der Waals surface area contributed by atoms with E-state index in [4.69, 9.17) is 0 Å². The first-order valence-corrected chi connectivity index (χ1v) is 6.18. The van der Waals surface area contributed by atoms with Gasteiger partial charge in [0, 0.05) is 17.3 Å². The van der Waals surface area contributed by atoms with Crippen LogP contribution in [0.25, 0.3) is 22.5 Å². The summed E-state index contributed by atoms with van der Waals surface area (Å²) < 4.78 is 38.1. The van der Waals surface area contributed by atoms with E-state index < -0.39 is 11.9 Å². The summed E-state index contributed by atoms with van der Waals surface area (Å²) in [4.78, 5) is 3.69. The van der Waals surface area contributed by atoms with Crippen LogP contribution in [0.3, 0.4) is 0 Å². The van der Waals surface area contributed by atoms with Gasteiger partial charge in [-0.05, 0) is 24.3 Å². The lowest BCUT2D eigenvalue weighted by atomic mass is 10.1. The zero-order valence-corrected chi connectivity index (χ0v) is 10.7. The molecule has 0 atom stereocenters. The van der Waals surface area contributed by atoms with Gasteiger partial charge in [0.05, 0.1) is 11.4 Å². The number of halogens is 3. The molecular formula is C15H10F3N3. The molecule has 0 fully saturated rings. The lowest BCUT2D eigenvalue weighted by molar-refractivity contribution is -0.141. The molecule has 106 valence electrons. The maximum absolute atomic E-state index is 12.7. The highest BCUT2D eigenvalue weighted by molar-refractivity contribution is 5.69. The summed E-state index contributed by atoms with van der Waals surface area (Å²) in [6, 6.07) is 12.8. The summed E-state index contributed by atoms with van der Waals surface area (Å²) in [6.07, 6.45) is -2.83. The van der Waals surface area contributed by atoms with Crippen molar-refractivity contribution in [3.63, 3.8) is 0 Å². The van der Waals surface area contributed by atoms with Crippen molar-refractivity contribution in [1.82, 2.24) is 15.2 Å². The van der Waals surface area contributed by atoms with Gasteiger partial charge in [0.1, 0.15) is 5.69 Å². The van der Waals surface area contributed by atoms with Gasteiger partial charge in [-0.1, -0.05) is 24.3 Å². The summed E-state index contributed by atoms with van der Waals surface area (Å²) in [5.74, 6) is 0. The van der Waals surface area contributed by atoms with E-state index in [2.05, 4.69) is 15.2 Å². The molecule has 6 heteroatoms. The number of hydrogen-bond donors (Lipinski definition) is 1. The van der Waals surface area contributed by atoms with Gasteiger partial charge in [0.25, 0.3) is 0 Å². The van der Waals surface area contributed by atoms with Crippen molar-refractivity contribution in [3.8, 4) is 22.5 Å². The van der Waals surface area contributed by atoms with Crippen LogP contribution in [-0.4, -0.2) is 15.2 Å². The van der Waals surface area contributed by atoms with Crippen molar-refractivity contribution in [2.24, 2.45) is 0 Å². The van der Waals surface area contributed by atoms with E-state index in [0.29, 0.717) is 5.56 Å². The van der Waals surface area contributed by atoms with Crippen molar-refractivity contribution >= 4 is 0 Å². The van der Waals surface area contributed by atoms with Gasteiger partial charge in [-0.2, -0.15) is 18.3 Å². The Morgan fingerprint density at radius 1 is 0.905 bits per heavy atom. The first-order chi connectivity index (χ1) is 10.0. The number of nitrogens with one attached hydrogen (secondary N) is 1. The number of rotatable bonds is 2. The summed E-state index contributed by atoms with van der Waals surface area (Å²) in [5.41, 5.74) is 1.64. The Morgan fingerprint density at radius 2 is 1.67 bits per heavy atom. The molecule has 0 amide bonds. The average Bonchev–Trinajstić information content (AvgIpc) is 3.01. The molecule has 0 saturated carbocycles. The van der Waals surface area contributed by atoms with Crippen molar-refractivity contribution in [2.45, 2.75) is 6.18 Å². The predicted molar refractivity (Wildman–Crippen MR) is 72.3 cm³/mol. The number of pyridine rings is 1. The Bertz CT molecular complexity index is 749. The number of hydrogen-bond acceptors (Lipinski definition) is 2. The Morgan fingerprint density at radius 3 is 2.38 bits per heavy atom. The summed E-state index contributed by atoms with van der Waals surface area (Å²) in [5, 5.41) is 6.68. The second-order valence-electron chi connectivity index (χ2n) is 4.46. The Hall–Kier alpha value is -2.63. The minimum Gasteiger partial charge on any atom is -0.278 e. The molecule has 0 saturated heterocycles. The minimum absolute atomic E-state index is 0.284. The van der Waals surface area contributed by atoms with Crippen molar-refractivity contribution < 1.29 is 13.2 Å². The summed E-state index contributed by atoms with van der Waals surface area (Å²) in [7, 11) is 0. The first kappa shape index (κ1) is 13.4. The molecule has 0 aliphatic heterocycles. The highest BCUT2D eigenvalue weighted by Gasteiger charge is 2.32. The fourth-order valence-electron chi connectivity index (χ4n) is 2.02. The van der Waals surface area contributed by atoms with Crippen LogP contribution in [0.1, 0.15) is 5.69 Å². The number of benzene rings is 1. The molecule has 0 aliphatic carbocycles. The lowest BCUT2D eigenvalue weighted by Crippen LogP contribution is -2.07. The Kier molecular flexibility index (Phi) is 3.21. The number of alkyl halides is 3. The summed E-state index contributed by atoms with van der Waals surface area (Å²) in [6.45, 7) is 0. The first-order valence-electron chi connectivity index (χ1n) is 6.18. The van der Waals surface area contributed by atoms with E-state index in [9.17, 15) is 13.2 Å². The molecule has 2 aromatic heterocycles. The maximum atomic E-state index is 12.7. The molecule has 0 aliphatic rings. The fourth-order valence-corrected chi connectivity index (χ4v) is 2.02. The second-order valence-corrected chi connectivity index (χ2v) is 4.46. The van der Waals surface area contributed by atoms with E-state index in [0.717, 1.165) is 17.3 Å². The lowest BCUT2D eigenvalue weighted by Gasteiger charge is -2.08. The van der Waals surface area contributed by atoms with Crippen LogP contribution < -0.4 is 0 Å². The van der Waals surface area contributed by atoms with E-state index >= 15 is 0 Å². The van der Waals surface area contributed by atoms with Gasteiger partial charge < -0.3 is 0 Å². The van der Waals surface area contributed by atoms with Crippen LogP contribution in [0.4, 0.5) is 13.2 Å². The molecule has 3 aromatic rings. The van der Waals surface area contributed by atoms with E-state index in [1.54, 1.807) is 36.5 Å². The zero-order chi connectivity index (χ0) is 14.9. The van der Waals surface area contributed by atoms with Gasteiger partial charge in [-0.3, -0.25) is 5.10 Å². The molecule has 3 nitrogen and oxygen atoms in total. The van der Waals surface area contributed by atoms with Crippen molar-refractivity contribution in [1.29, 1.82) is 0 Å². The number of H-pyrrole nitrogens is 1. The Balaban J connectivity index is 2.03. The third kappa shape index (κ3) is 2.79. The third-order valence-corrected chi connectivity index (χ3v) is 3.01. The molecule has 0 bridgehead atoms. The zero-order valence-electron chi connectivity index (χ0n) is 10.7. The average molecular weight is 289 g/mol. The fraction of sp³-hybridized carbons (Fsp3) is 0.0667. The molecule has 0 radical (unpaired) electrons. The standard InChI is InChI=1S/C15H10F3N3/c16-15(17,18)14-6-2-5-12(20-14)10-3-1-4-11(9-10)13-7-8-19-21-13/h1-9H,(H,19,21). The number of aromatic amines is 1. The molecule has 1 aromatic carbocycles. The smallest absolute Gasteiger partial charge is 0.278 e. The van der Waals surface area contributed by atoms with Crippen LogP contribution in [0.2, 0.25) is 0 Å². The number of aromatic nitrogens is 3. The van der Waals surface area contributed by atoms with Crippen LogP contribution in [-0.2, 0) is 6.18 Å². The monoisotopic (exact) mass is 289 g/mol. The predicted octanol–water partition coefficient (Wildman–Crippen LogP) is 4.16.